The fourth-order valence-electron chi connectivity index (χ4n) is 1.38. The van der Waals surface area contributed by atoms with E-state index in [-0.39, 0.29) is 0 Å². The van der Waals surface area contributed by atoms with Crippen LogP contribution in [0, 0.1) is 0 Å². The zero-order valence-electron chi connectivity index (χ0n) is 11.3. The first kappa shape index (κ1) is 14.4. The summed E-state index contributed by atoms with van der Waals surface area (Å²) in [5.41, 5.74) is 6.20. The van der Waals surface area contributed by atoms with Gasteiger partial charge in [0.25, 0.3) is 0 Å². The number of nitrogens with zero attached hydrogens (tertiary/aromatic N) is 4. The van der Waals surface area contributed by atoms with Crippen LogP contribution >= 0.6 is 15.9 Å². The van der Waals surface area contributed by atoms with Gasteiger partial charge in [0.2, 0.25) is 0 Å². The molecule has 0 atom stereocenters. The Kier molecular flexibility index (Phi) is 3.76. The van der Waals surface area contributed by atoms with Crippen molar-refractivity contribution in [2.75, 3.05) is 5.73 Å². The lowest BCUT2D eigenvalue weighted by Gasteiger charge is -2.18. The van der Waals surface area contributed by atoms with Crippen molar-refractivity contribution in [1.82, 2.24) is 19.7 Å². The van der Waals surface area contributed by atoms with Crippen molar-refractivity contribution in [3.05, 3.63) is 23.2 Å². The molecule has 20 heavy (non-hydrogen) atoms. The molecule has 2 aromatic heterocycles. The molecule has 0 aliphatic carbocycles. The molecule has 0 unspecified atom stereocenters. The second-order valence-electron chi connectivity index (χ2n) is 5.09. The fraction of sp³-hybridized carbons (Fsp3) is 0.333. The van der Waals surface area contributed by atoms with Crippen LogP contribution in [0.4, 0.5) is 10.6 Å². The van der Waals surface area contributed by atoms with E-state index in [0.29, 0.717) is 21.7 Å². The van der Waals surface area contributed by atoms with Gasteiger partial charge in [-0.05, 0) is 36.7 Å². The summed E-state index contributed by atoms with van der Waals surface area (Å²) in [6.07, 6.45) is 4.00. The molecular weight excluding hydrogens is 326 g/mol. The summed E-state index contributed by atoms with van der Waals surface area (Å²) in [7, 11) is 0. The maximum absolute atomic E-state index is 11.8. The zero-order valence-corrected chi connectivity index (χ0v) is 12.9. The molecule has 0 bridgehead atoms. The van der Waals surface area contributed by atoms with Crippen molar-refractivity contribution in [1.29, 1.82) is 0 Å². The predicted molar refractivity (Wildman–Crippen MR) is 77.0 cm³/mol. The maximum atomic E-state index is 11.8. The number of aromatic nitrogens is 4. The molecule has 0 aromatic carbocycles. The molecule has 0 amide bonds. The Labute approximate surface area is 124 Å². The maximum Gasteiger partial charge on any atom is 0.435 e. The van der Waals surface area contributed by atoms with Gasteiger partial charge in [-0.25, -0.2) is 14.8 Å². The van der Waals surface area contributed by atoms with E-state index in [2.05, 4.69) is 31.0 Å². The molecule has 0 saturated heterocycles. The minimum absolute atomic E-state index is 0.299. The smallest absolute Gasteiger partial charge is 0.435 e. The molecule has 0 saturated carbocycles. The molecule has 2 N–H and O–H groups in total. The number of nitrogen functional groups attached to an aromatic ring is 1. The quantitative estimate of drug-likeness (QED) is 0.857. The van der Waals surface area contributed by atoms with Crippen LogP contribution < -0.4 is 5.73 Å². The monoisotopic (exact) mass is 339 g/mol. The average molecular weight is 340 g/mol. The second-order valence-corrected chi connectivity index (χ2v) is 5.84. The molecule has 2 heterocycles. The minimum atomic E-state index is -0.576. The highest BCUT2D eigenvalue weighted by Crippen LogP contribution is 2.21. The number of halogens is 1. The van der Waals surface area contributed by atoms with E-state index >= 15 is 0 Å². The van der Waals surface area contributed by atoms with E-state index in [0.717, 1.165) is 4.68 Å². The summed E-state index contributed by atoms with van der Waals surface area (Å²) in [5.74, 6) is 0.299. The molecule has 0 aliphatic rings. The topological polar surface area (TPSA) is 95.9 Å². The second kappa shape index (κ2) is 5.20. The third kappa shape index (κ3) is 3.32. The normalized spacial score (nSPS) is 11.4. The van der Waals surface area contributed by atoms with Gasteiger partial charge in [0, 0.05) is 11.8 Å². The Morgan fingerprint density at radius 1 is 1.40 bits per heavy atom. The summed E-state index contributed by atoms with van der Waals surface area (Å²) in [4.78, 5) is 20.0. The fourth-order valence-corrected chi connectivity index (χ4v) is 1.67. The molecular formula is C12H14BrN5O2. The van der Waals surface area contributed by atoms with Crippen molar-refractivity contribution in [3.8, 4) is 11.3 Å². The van der Waals surface area contributed by atoms with Crippen molar-refractivity contribution < 1.29 is 9.53 Å². The summed E-state index contributed by atoms with van der Waals surface area (Å²) >= 11 is 3.20. The number of nitrogens with two attached hydrogens (primary N) is 1. The summed E-state index contributed by atoms with van der Waals surface area (Å²) in [6, 6.07) is 0. The van der Waals surface area contributed by atoms with Gasteiger partial charge >= 0.3 is 6.09 Å². The van der Waals surface area contributed by atoms with Crippen LogP contribution in [0.15, 0.2) is 23.2 Å². The number of anilines is 1. The van der Waals surface area contributed by atoms with E-state index in [9.17, 15) is 4.79 Å². The average Bonchev–Trinajstić information content (AvgIpc) is 2.80. The van der Waals surface area contributed by atoms with Crippen molar-refractivity contribution in [2.24, 2.45) is 0 Å². The summed E-state index contributed by atoms with van der Waals surface area (Å²) in [5, 5.41) is 3.96. The Bertz CT molecular complexity index is 648. The van der Waals surface area contributed by atoms with Crippen molar-refractivity contribution in [3.63, 3.8) is 0 Å². The Morgan fingerprint density at radius 3 is 2.70 bits per heavy atom. The number of carbonyl (C=O) groups excluding carboxylic acids is 1. The van der Waals surface area contributed by atoms with Crippen molar-refractivity contribution >= 4 is 27.8 Å². The Hall–Kier alpha value is -1.96. The first-order chi connectivity index (χ1) is 9.26. The van der Waals surface area contributed by atoms with Crippen LogP contribution in [-0.2, 0) is 4.74 Å². The summed E-state index contributed by atoms with van der Waals surface area (Å²) < 4.78 is 6.77. The van der Waals surface area contributed by atoms with E-state index in [4.69, 9.17) is 10.5 Å². The van der Waals surface area contributed by atoms with E-state index in [1.54, 1.807) is 20.8 Å². The van der Waals surface area contributed by atoms with Gasteiger partial charge in [-0.15, -0.1) is 0 Å². The molecule has 2 aromatic rings. The zero-order chi connectivity index (χ0) is 14.9. The van der Waals surface area contributed by atoms with Gasteiger partial charge < -0.3 is 10.5 Å². The number of hydrogen-bond acceptors (Lipinski definition) is 6. The molecule has 2 rings (SSSR count). The third-order valence-electron chi connectivity index (χ3n) is 2.21. The molecule has 0 radical (unpaired) electrons. The first-order valence-electron chi connectivity index (χ1n) is 5.83. The highest BCUT2D eigenvalue weighted by molar-refractivity contribution is 9.10. The number of rotatable bonds is 1. The molecule has 7 nitrogen and oxygen atoms in total. The summed E-state index contributed by atoms with van der Waals surface area (Å²) in [6.45, 7) is 5.37. The molecule has 0 aliphatic heterocycles. The molecule has 106 valence electrons. The van der Waals surface area contributed by atoms with E-state index in [1.165, 1.54) is 18.6 Å². The lowest BCUT2D eigenvalue weighted by molar-refractivity contribution is 0.0514. The van der Waals surface area contributed by atoms with Gasteiger partial charge in [0.15, 0.2) is 5.82 Å². The largest absolute Gasteiger partial charge is 0.442 e. The van der Waals surface area contributed by atoms with Gasteiger partial charge in [0.1, 0.15) is 10.2 Å². The van der Waals surface area contributed by atoms with Crippen LogP contribution in [0.3, 0.4) is 0 Å². The van der Waals surface area contributed by atoms with Gasteiger partial charge in [0.05, 0.1) is 18.1 Å². The molecule has 0 fully saturated rings. The Morgan fingerprint density at radius 2 is 2.10 bits per heavy atom. The SMILES string of the molecule is CC(C)(C)OC(=O)n1cc(-c2cnc(N)c(Br)n2)cn1. The van der Waals surface area contributed by atoms with Crippen LogP contribution in [0.25, 0.3) is 11.3 Å². The lowest BCUT2D eigenvalue weighted by atomic mass is 10.2. The van der Waals surface area contributed by atoms with Gasteiger partial charge in [-0.2, -0.15) is 9.78 Å². The highest BCUT2D eigenvalue weighted by atomic mass is 79.9. The van der Waals surface area contributed by atoms with Crippen LogP contribution in [0.1, 0.15) is 20.8 Å². The van der Waals surface area contributed by atoms with Gasteiger partial charge in [-0.3, -0.25) is 0 Å². The number of ether oxygens (including phenoxy) is 1. The standard InChI is InChI=1S/C12H14BrN5O2/c1-12(2,3)20-11(19)18-6-7(4-16-18)8-5-15-10(14)9(13)17-8/h4-6H,1-3H3,(H2,14,15). The lowest BCUT2D eigenvalue weighted by Crippen LogP contribution is -2.27. The highest BCUT2D eigenvalue weighted by Gasteiger charge is 2.19. The number of carbonyl (C=O) groups is 1. The van der Waals surface area contributed by atoms with Crippen molar-refractivity contribution in [2.45, 2.75) is 26.4 Å². The van der Waals surface area contributed by atoms with E-state index < -0.39 is 11.7 Å². The first-order valence-corrected chi connectivity index (χ1v) is 6.62. The predicted octanol–water partition coefficient (Wildman–Crippen LogP) is 2.47. The van der Waals surface area contributed by atoms with Gasteiger partial charge in [-0.1, -0.05) is 0 Å². The van der Waals surface area contributed by atoms with Crippen LogP contribution in [-0.4, -0.2) is 31.4 Å². The Balaban J connectivity index is 2.24. The van der Waals surface area contributed by atoms with Crippen LogP contribution in [0.2, 0.25) is 0 Å². The third-order valence-corrected chi connectivity index (χ3v) is 2.80. The van der Waals surface area contributed by atoms with E-state index in [1.807, 2.05) is 0 Å². The number of hydrogen-bond donors (Lipinski definition) is 1. The van der Waals surface area contributed by atoms with Crippen LogP contribution in [0.5, 0.6) is 0 Å². The molecule has 0 spiro atoms. The molecule has 8 heteroatoms. The minimum Gasteiger partial charge on any atom is -0.442 e.